The second kappa shape index (κ2) is 5.04. The fraction of sp³-hybridized carbons (Fsp3) is 0.0667. The van der Waals surface area contributed by atoms with Crippen LogP contribution in [0.15, 0.2) is 54.6 Å². The van der Waals surface area contributed by atoms with Gasteiger partial charge >= 0.3 is 0 Å². The summed E-state index contributed by atoms with van der Waals surface area (Å²) in [5.41, 5.74) is 2.55. The monoisotopic (exact) mass is 208 g/mol. The standard InChI is InChI=1S/C15H12O/c1-2-16-15-10-8-14(9-11-15)12-13-6-4-3-5-7-13/h1,3-11H,12H2. The van der Waals surface area contributed by atoms with E-state index in [1.807, 2.05) is 42.5 Å². The Morgan fingerprint density at radius 3 is 2.12 bits per heavy atom. The molecule has 0 aliphatic heterocycles. The van der Waals surface area contributed by atoms with Gasteiger partial charge in [-0.05, 0) is 29.7 Å². The first kappa shape index (κ1) is 10.3. The molecule has 2 aromatic carbocycles. The summed E-state index contributed by atoms with van der Waals surface area (Å²) < 4.78 is 4.94. The van der Waals surface area contributed by atoms with Crippen molar-refractivity contribution in [3.8, 4) is 18.3 Å². The van der Waals surface area contributed by atoms with Crippen LogP contribution in [0.2, 0.25) is 0 Å². The average Bonchev–Trinajstić information content (AvgIpc) is 2.33. The molecule has 1 heteroatoms. The van der Waals surface area contributed by atoms with Gasteiger partial charge in [0.05, 0.1) is 0 Å². The van der Waals surface area contributed by atoms with Crippen molar-refractivity contribution in [3.05, 3.63) is 65.7 Å². The summed E-state index contributed by atoms with van der Waals surface area (Å²) in [5, 5.41) is 0. The van der Waals surface area contributed by atoms with Crippen LogP contribution in [0.5, 0.6) is 5.75 Å². The molecule has 78 valence electrons. The lowest BCUT2D eigenvalue weighted by atomic mass is 10.1. The molecule has 0 radical (unpaired) electrons. The fourth-order valence-corrected chi connectivity index (χ4v) is 1.57. The summed E-state index contributed by atoms with van der Waals surface area (Å²) in [7, 11) is 0. The van der Waals surface area contributed by atoms with Crippen LogP contribution in [0.4, 0.5) is 0 Å². The van der Waals surface area contributed by atoms with Crippen LogP contribution in [0.3, 0.4) is 0 Å². The first-order valence-electron chi connectivity index (χ1n) is 5.14. The van der Waals surface area contributed by atoms with Crippen LogP contribution >= 0.6 is 0 Å². The third-order valence-corrected chi connectivity index (χ3v) is 2.35. The molecule has 0 N–H and O–H groups in total. The highest BCUT2D eigenvalue weighted by Gasteiger charge is 1.96. The van der Waals surface area contributed by atoms with Gasteiger partial charge in [-0.3, -0.25) is 0 Å². The minimum atomic E-state index is 0.708. The van der Waals surface area contributed by atoms with E-state index in [-0.39, 0.29) is 0 Å². The number of benzene rings is 2. The Morgan fingerprint density at radius 2 is 1.50 bits per heavy atom. The molecule has 0 fully saturated rings. The molecule has 0 aromatic heterocycles. The number of hydrogen-bond donors (Lipinski definition) is 0. The number of terminal acetylenes is 1. The normalized spacial score (nSPS) is 9.44. The maximum atomic E-state index is 5.05. The van der Waals surface area contributed by atoms with Gasteiger partial charge < -0.3 is 4.74 Å². The van der Waals surface area contributed by atoms with E-state index >= 15 is 0 Å². The molecule has 0 bridgehead atoms. The SMILES string of the molecule is C#COc1ccc(Cc2ccccc2)cc1. The van der Waals surface area contributed by atoms with E-state index < -0.39 is 0 Å². The van der Waals surface area contributed by atoms with Crippen LogP contribution in [-0.2, 0) is 6.42 Å². The van der Waals surface area contributed by atoms with Crippen LogP contribution < -0.4 is 4.74 Å². The Kier molecular flexibility index (Phi) is 3.25. The molecular weight excluding hydrogens is 196 g/mol. The Hall–Kier alpha value is -2.20. The molecule has 0 atom stereocenters. The highest BCUT2D eigenvalue weighted by atomic mass is 16.5. The van der Waals surface area contributed by atoms with Crippen molar-refractivity contribution >= 4 is 0 Å². The van der Waals surface area contributed by atoms with Gasteiger partial charge in [0.2, 0.25) is 0 Å². The Balaban J connectivity index is 2.09. The maximum Gasteiger partial charge on any atom is 0.140 e. The van der Waals surface area contributed by atoms with Gasteiger partial charge in [-0.2, -0.15) is 0 Å². The number of ether oxygens (including phenoxy) is 1. The van der Waals surface area contributed by atoms with Crippen LogP contribution in [-0.4, -0.2) is 0 Å². The Labute approximate surface area is 95.7 Å². The summed E-state index contributed by atoms with van der Waals surface area (Å²) in [5.74, 6) is 0.708. The van der Waals surface area contributed by atoms with E-state index in [1.54, 1.807) is 0 Å². The minimum Gasteiger partial charge on any atom is -0.408 e. The van der Waals surface area contributed by atoms with Crippen molar-refractivity contribution in [2.45, 2.75) is 6.42 Å². The highest BCUT2D eigenvalue weighted by Crippen LogP contribution is 2.14. The predicted octanol–water partition coefficient (Wildman–Crippen LogP) is 3.25. The molecule has 0 heterocycles. The van der Waals surface area contributed by atoms with E-state index in [1.165, 1.54) is 11.1 Å². The second-order valence-corrected chi connectivity index (χ2v) is 3.53. The largest absolute Gasteiger partial charge is 0.408 e. The quantitative estimate of drug-likeness (QED) is 0.703. The number of rotatable bonds is 3. The smallest absolute Gasteiger partial charge is 0.140 e. The molecule has 1 nitrogen and oxygen atoms in total. The van der Waals surface area contributed by atoms with Crippen molar-refractivity contribution in [1.82, 2.24) is 0 Å². The molecule has 16 heavy (non-hydrogen) atoms. The van der Waals surface area contributed by atoms with Gasteiger partial charge in [-0.1, -0.05) is 48.9 Å². The Bertz CT molecular complexity index is 477. The zero-order valence-electron chi connectivity index (χ0n) is 8.89. The summed E-state index contributed by atoms with van der Waals surface area (Å²) in [6.07, 6.45) is 8.13. The van der Waals surface area contributed by atoms with Gasteiger partial charge in [0, 0.05) is 0 Å². The molecule has 0 saturated carbocycles. The van der Waals surface area contributed by atoms with Crippen molar-refractivity contribution in [2.24, 2.45) is 0 Å². The molecule has 0 aliphatic carbocycles. The first-order chi connectivity index (χ1) is 7.88. The molecule has 0 unspecified atom stereocenters. The van der Waals surface area contributed by atoms with Crippen molar-refractivity contribution in [1.29, 1.82) is 0 Å². The molecule has 0 amide bonds. The summed E-state index contributed by atoms with van der Waals surface area (Å²) in [4.78, 5) is 0. The van der Waals surface area contributed by atoms with E-state index in [0.29, 0.717) is 5.75 Å². The van der Waals surface area contributed by atoms with Gasteiger partial charge in [-0.15, -0.1) is 0 Å². The zero-order chi connectivity index (χ0) is 11.2. The molecule has 0 aliphatic rings. The van der Waals surface area contributed by atoms with Crippen molar-refractivity contribution in [3.63, 3.8) is 0 Å². The summed E-state index contributed by atoms with van der Waals surface area (Å²) >= 11 is 0. The lowest BCUT2D eigenvalue weighted by molar-refractivity contribution is 0.520. The third-order valence-electron chi connectivity index (χ3n) is 2.35. The topological polar surface area (TPSA) is 9.23 Å². The van der Waals surface area contributed by atoms with Gasteiger partial charge in [0.15, 0.2) is 0 Å². The first-order valence-corrected chi connectivity index (χ1v) is 5.14. The minimum absolute atomic E-state index is 0.708. The fourth-order valence-electron chi connectivity index (χ4n) is 1.57. The van der Waals surface area contributed by atoms with E-state index in [9.17, 15) is 0 Å². The van der Waals surface area contributed by atoms with Gasteiger partial charge in [-0.25, -0.2) is 0 Å². The lowest BCUT2D eigenvalue weighted by Gasteiger charge is -2.02. The van der Waals surface area contributed by atoms with Crippen molar-refractivity contribution < 1.29 is 4.74 Å². The van der Waals surface area contributed by atoms with Gasteiger partial charge in [0.1, 0.15) is 11.9 Å². The Morgan fingerprint density at radius 1 is 0.875 bits per heavy atom. The summed E-state index contributed by atoms with van der Waals surface area (Å²) in [6, 6.07) is 18.2. The predicted molar refractivity (Wildman–Crippen MR) is 65.2 cm³/mol. The van der Waals surface area contributed by atoms with Crippen molar-refractivity contribution in [2.75, 3.05) is 0 Å². The molecule has 2 aromatic rings. The van der Waals surface area contributed by atoms with E-state index in [4.69, 9.17) is 11.2 Å². The second-order valence-electron chi connectivity index (χ2n) is 3.53. The van der Waals surface area contributed by atoms with E-state index in [0.717, 1.165) is 6.42 Å². The van der Waals surface area contributed by atoms with Crippen LogP contribution in [0.1, 0.15) is 11.1 Å². The molecule has 0 saturated heterocycles. The van der Waals surface area contributed by atoms with Gasteiger partial charge in [0.25, 0.3) is 0 Å². The molecular formula is C15H12O. The third kappa shape index (κ3) is 2.65. The van der Waals surface area contributed by atoms with Crippen LogP contribution in [0, 0.1) is 12.5 Å². The zero-order valence-corrected chi connectivity index (χ0v) is 8.89. The van der Waals surface area contributed by atoms with Crippen LogP contribution in [0.25, 0.3) is 0 Å². The molecule has 0 spiro atoms. The number of hydrogen-bond acceptors (Lipinski definition) is 1. The van der Waals surface area contributed by atoms with E-state index in [2.05, 4.69) is 18.2 Å². The maximum absolute atomic E-state index is 5.05. The average molecular weight is 208 g/mol. The summed E-state index contributed by atoms with van der Waals surface area (Å²) in [6.45, 7) is 0. The lowest BCUT2D eigenvalue weighted by Crippen LogP contribution is -1.88. The molecule has 2 rings (SSSR count). The highest BCUT2D eigenvalue weighted by molar-refractivity contribution is 5.31.